The zero-order chi connectivity index (χ0) is 17.6. The zero-order valence-electron chi connectivity index (χ0n) is 14.3. The molecule has 3 heterocycles. The summed E-state index contributed by atoms with van der Waals surface area (Å²) in [5, 5.41) is 4.93. The number of nitrogens with one attached hydrogen (secondary N) is 2. The summed E-state index contributed by atoms with van der Waals surface area (Å²) >= 11 is 0. The van der Waals surface area contributed by atoms with E-state index in [0.717, 1.165) is 37.2 Å². The Bertz CT molecular complexity index is 720. The molecule has 2 saturated heterocycles. The molecule has 0 unspecified atom stereocenters. The number of carbonyl (C=O) groups excluding carboxylic acids is 3. The van der Waals surface area contributed by atoms with Gasteiger partial charge in [0.05, 0.1) is 6.04 Å². The fourth-order valence-corrected chi connectivity index (χ4v) is 4.26. The average molecular weight is 345 g/mol. The molecule has 1 aromatic heterocycles. The van der Waals surface area contributed by atoms with Crippen LogP contribution in [0.2, 0.25) is 0 Å². The number of urea groups is 1. The van der Waals surface area contributed by atoms with Gasteiger partial charge in [0.15, 0.2) is 0 Å². The van der Waals surface area contributed by atoms with Crippen molar-refractivity contribution in [3.63, 3.8) is 0 Å². The van der Waals surface area contributed by atoms with Crippen LogP contribution in [0.15, 0.2) is 16.5 Å². The highest BCUT2D eigenvalue weighted by molar-refractivity contribution is 6.08. The Morgan fingerprint density at radius 1 is 1.32 bits per heavy atom. The van der Waals surface area contributed by atoms with Gasteiger partial charge in [-0.2, -0.15) is 0 Å². The van der Waals surface area contributed by atoms with Crippen molar-refractivity contribution in [1.29, 1.82) is 0 Å². The van der Waals surface area contributed by atoms with Crippen molar-refractivity contribution in [2.75, 3.05) is 6.54 Å². The summed E-state index contributed by atoms with van der Waals surface area (Å²) < 4.78 is 5.89. The van der Waals surface area contributed by atoms with E-state index in [4.69, 9.17) is 4.42 Å². The van der Waals surface area contributed by atoms with E-state index in [1.54, 1.807) is 0 Å². The molecule has 2 aliphatic heterocycles. The number of rotatable bonds is 3. The number of piperidine rings is 1. The molecule has 25 heavy (non-hydrogen) atoms. The van der Waals surface area contributed by atoms with E-state index in [1.165, 1.54) is 0 Å². The number of amides is 4. The zero-order valence-corrected chi connectivity index (χ0v) is 14.3. The van der Waals surface area contributed by atoms with Crippen LogP contribution in [-0.4, -0.2) is 34.8 Å². The summed E-state index contributed by atoms with van der Waals surface area (Å²) in [6, 6.07) is 3.46. The molecule has 1 aliphatic carbocycles. The molecule has 0 aromatic carbocycles. The first-order valence-electron chi connectivity index (χ1n) is 9.05. The molecule has 3 fully saturated rings. The van der Waals surface area contributed by atoms with E-state index in [-0.39, 0.29) is 23.8 Å². The predicted molar refractivity (Wildman–Crippen MR) is 88.5 cm³/mol. The van der Waals surface area contributed by atoms with Gasteiger partial charge in [-0.15, -0.1) is 0 Å². The fraction of sp³-hybridized carbons (Fsp3) is 0.611. The lowest BCUT2D eigenvalue weighted by molar-refractivity contribution is -0.148. The van der Waals surface area contributed by atoms with Crippen LogP contribution in [-0.2, 0) is 16.0 Å². The molecule has 4 amide bonds. The Morgan fingerprint density at radius 3 is 2.76 bits per heavy atom. The first kappa shape index (κ1) is 16.2. The normalized spacial score (nSPS) is 31.6. The minimum atomic E-state index is -0.872. The highest BCUT2D eigenvalue weighted by atomic mass is 16.3. The lowest BCUT2D eigenvalue weighted by Gasteiger charge is -2.45. The second kappa shape index (κ2) is 5.89. The number of imide groups is 1. The minimum Gasteiger partial charge on any atom is -0.464 e. The van der Waals surface area contributed by atoms with Crippen LogP contribution in [0.25, 0.3) is 0 Å². The maximum Gasteiger partial charge on any atom is 0.322 e. The third-order valence-electron chi connectivity index (χ3n) is 5.70. The van der Waals surface area contributed by atoms with Crippen LogP contribution in [0.4, 0.5) is 4.79 Å². The van der Waals surface area contributed by atoms with Gasteiger partial charge in [0.25, 0.3) is 5.91 Å². The van der Waals surface area contributed by atoms with Crippen molar-refractivity contribution in [3.05, 3.63) is 23.7 Å². The first-order valence-corrected chi connectivity index (χ1v) is 9.05. The summed E-state index contributed by atoms with van der Waals surface area (Å²) in [7, 11) is 0. The lowest BCUT2D eigenvalue weighted by atomic mass is 9.67. The maximum atomic E-state index is 13.0. The molecule has 1 saturated carbocycles. The molecule has 4 rings (SSSR count). The average Bonchev–Trinajstić information content (AvgIpc) is 3.16. The van der Waals surface area contributed by atoms with Gasteiger partial charge in [-0.3, -0.25) is 14.9 Å². The molecule has 7 nitrogen and oxygen atoms in total. The summed E-state index contributed by atoms with van der Waals surface area (Å²) in [5.74, 6) is 1.33. The molecule has 1 atom stereocenters. The summed E-state index contributed by atoms with van der Waals surface area (Å²) in [4.78, 5) is 38.2. The number of hydrogen-bond acceptors (Lipinski definition) is 4. The largest absolute Gasteiger partial charge is 0.464 e. The van der Waals surface area contributed by atoms with E-state index >= 15 is 0 Å². The molecule has 1 aromatic rings. The number of furan rings is 1. The summed E-state index contributed by atoms with van der Waals surface area (Å²) in [6.45, 7) is 2.76. The number of nitrogens with zero attached hydrogens (tertiary/aromatic N) is 1. The third-order valence-corrected chi connectivity index (χ3v) is 5.70. The quantitative estimate of drug-likeness (QED) is 0.818. The van der Waals surface area contributed by atoms with Crippen molar-refractivity contribution in [1.82, 2.24) is 15.5 Å². The Labute approximate surface area is 146 Å². The number of likely N-dealkylation sites (tertiary alicyclic amines) is 1. The van der Waals surface area contributed by atoms with Gasteiger partial charge in [-0.05, 0) is 44.2 Å². The Kier molecular flexibility index (Phi) is 3.81. The van der Waals surface area contributed by atoms with Gasteiger partial charge in [-0.25, -0.2) is 4.79 Å². The lowest BCUT2D eigenvalue weighted by Crippen LogP contribution is -2.60. The van der Waals surface area contributed by atoms with Crippen LogP contribution in [0.5, 0.6) is 0 Å². The van der Waals surface area contributed by atoms with Crippen LogP contribution >= 0.6 is 0 Å². The molecule has 0 radical (unpaired) electrons. The van der Waals surface area contributed by atoms with Crippen molar-refractivity contribution in [2.24, 2.45) is 5.92 Å². The topological polar surface area (TPSA) is 91.7 Å². The van der Waals surface area contributed by atoms with E-state index in [0.29, 0.717) is 19.4 Å². The molecule has 134 valence electrons. The monoisotopic (exact) mass is 345 g/mol. The Balaban J connectivity index is 1.47. The molecular weight excluding hydrogens is 322 g/mol. The van der Waals surface area contributed by atoms with E-state index < -0.39 is 11.6 Å². The molecule has 1 spiro atoms. The van der Waals surface area contributed by atoms with E-state index in [2.05, 4.69) is 10.6 Å². The summed E-state index contributed by atoms with van der Waals surface area (Å²) in [6.07, 6.45) is 4.55. The number of carbonyl (C=O) groups is 3. The maximum absolute atomic E-state index is 13.0. The Morgan fingerprint density at radius 2 is 2.12 bits per heavy atom. The predicted octanol–water partition coefficient (Wildman–Crippen LogP) is 1.88. The number of hydrogen-bond donors (Lipinski definition) is 2. The smallest absolute Gasteiger partial charge is 0.322 e. The van der Waals surface area contributed by atoms with Crippen molar-refractivity contribution in [2.45, 2.75) is 57.0 Å². The van der Waals surface area contributed by atoms with Crippen molar-refractivity contribution in [3.8, 4) is 0 Å². The molecule has 3 aliphatic rings. The van der Waals surface area contributed by atoms with Crippen LogP contribution in [0.3, 0.4) is 0 Å². The number of aryl methyl sites for hydroxylation is 1. The van der Waals surface area contributed by atoms with E-state index in [9.17, 15) is 14.4 Å². The fourth-order valence-electron chi connectivity index (χ4n) is 4.26. The highest BCUT2D eigenvalue weighted by Crippen LogP contribution is 2.43. The molecular formula is C18H23N3O4. The minimum absolute atomic E-state index is 0.0231. The van der Waals surface area contributed by atoms with Crippen LogP contribution in [0.1, 0.15) is 56.6 Å². The molecule has 2 N–H and O–H groups in total. The van der Waals surface area contributed by atoms with E-state index in [1.807, 2.05) is 24.0 Å². The van der Waals surface area contributed by atoms with Gasteiger partial charge in [0.2, 0.25) is 5.91 Å². The Hall–Kier alpha value is -2.31. The van der Waals surface area contributed by atoms with Gasteiger partial charge < -0.3 is 14.6 Å². The highest BCUT2D eigenvalue weighted by Gasteiger charge is 2.58. The molecule has 7 heteroatoms. The SMILES string of the molecule is CCc1ccc([C@H]2CCCCN2C(=O)C2CC3(C2)NC(=O)NC3=O)o1. The second-order valence-electron chi connectivity index (χ2n) is 7.30. The molecule has 0 bridgehead atoms. The second-order valence-corrected chi connectivity index (χ2v) is 7.30. The summed E-state index contributed by atoms with van der Waals surface area (Å²) in [5.41, 5.74) is -0.872. The van der Waals surface area contributed by atoms with Gasteiger partial charge in [0, 0.05) is 18.9 Å². The van der Waals surface area contributed by atoms with Gasteiger partial charge in [0.1, 0.15) is 17.1 Å². The van der Waals surface area contributed by atoms with Crippen LogP contribution in [0, 0.1) is 5.92 Å². The third kappa shape index (κ3) is 2.62. The standard InChI is InChI=1S/C18H23N3O4/c1-2-12-6-7-14(25-12)13-5-3-4-8-21(13)15(22)11-9-18(10-11)16(23)19-17(24)20-18/h6-7,11,13H,2-5,8-10H2,1H3,(H2,19,20,23,24)/t11?,13-,18?/m1/s1. The van der Waals surface area contributed by atoms with Gasteiger partial charge in [-0.1, -0.05) is 6.92 Å². The van der Waals surface area contributed by atoms with Crippen LogP contribution < -0.4 is 10.6 Å². The van der Waals surface area contributed by atoms with Crippen molar-refractivity contribution >= 4 is 17.8 Å². The van der Waals surface area contributed by atoms with Gasteiger partial charge >= 0.3 is 6.03 Å². The van der Waals surface area contributed by atoms with Crippen molar-refractivity contribution < 1.29 is 18.8 Å². The first-order chi connectivity index (χ1) is 12.0.